The summed E-state index contributed by atoms with van der Waals surface area (Å²) in [5.41, 5.74) is 6.14. The number of hydrogen-bond donors (Lipinski definition) is 1. The summed E-state index contributed by atoms with van der Waals surface area (Å²) in [6.07, 6.45) is 5.31. The molecule has 2 unspecified atom stereocenters. The third kappa shape index (κ3) is 4.97. The molecule has 0 spiro atoms. The van der Waals surface area contributed by atoms with E-state index in [9.17, 15) is 4.79 Å². The van der Waals surface area contributed by atoms with Crippen LogP contribution in [0, 0.1) is 11.3 Å². The molecule has 1 heterocycles. The summed E-state index contributed by atoms with van der Waals surface area (Å²) in [6.45, 7) is 10.5. The summed E-state index contributed by atoms with van der Waals surface area (Å²) in [5, 5.41) is 0. The molecule has 1 amide bonds. The molecule has 1 saturated heterocycles. The fourth-order valence-electron chi connectivity index (χ4n) is 2.51. The first-order chi connectivity index (χ1) is 8.32. The number of nitrogens with zero attached hydrogens (tertiary/aromatic N) is 1. The summed E-state index contributed by atoms with van der Waals surface area (Å²) in [4.78, 5) is 14.3. The van der Waals surface area contributed by atoms with Gasteiger partial charge in [0.25, 0.3) is 0 Å². The minimum atomic E-state index is 0.157. The van der Waals surface area contributed by atoms with Gasteiger partial charge in [0.1, 0.15) is 0 Å². The van der Waals surface area contributed by atoms with E-state index in [0.717, 1.165) is 45.2 Å². The molecule has 0 aromatic rings. The molecule has 0 aliphatic carbocycles. The summed E-state index contributed by atoms with van der Waals surface area (Å²) in [5.74, 6) is 0.500. The van der Waals surface area contributed by atoms with Crippen molar-refractivity contribution < 1.29 is 4.79 Å². The highest BCUT2D eigenvalue weighted by Gasteiger charge is 2.29. The summed E-state index contributed by atoms with van der Waals surface area (Å²) < 4.78 is 0. The first-order valence-electron chi connectivity index (χ1n) is 7.36. The second kappa shape index (κ2) is 6.55. The van der Waals surface area contributed by atoms with E-state index in [0.29, 0.717) is 11.3 Å². The number of carbonyl (C=O) groups is 1. The third-order valence-electron chi connectivity index (χ3n) is 4.15. The Morgan fingerprint density at radius 2 is 1.78 bits per heavy atom. The molecule has 106 valence electrons. The minimum absolute atomic E-state index is 0.157. The van der Waals surface area contributed by atoms with Crippen LogP contribution in [0.2, 0.25) is 0 Å². The Hall–Kier alpha value is -0.570. The normalized spacial score (nSPS) is 22.6. The van der Waals surface area contributed by atoms with Crippen LogP contribution in [0.15, 0.2) is 0 Å². The zero-order valence-electron chi connectivity index (χ0n) is 12.5. The van der Waals surface area contributed by atoms with Crippen LogP contribution in [0.3, 0.4) is 0 Å². The number of piperidine rings is 1. The monoisotopic (exact) mass is 254 g/mol. The molecule has 0 radical (unpaired) electrons. The lowest BCUT2D eigenvalue weighted by atomic mass is 9.82. The molecule has 0 aromatic heterocycles. The van der Waals surface area contributed by atoms with Gasteiger partial charge in [-0.15, -0.1) is 0 Å². The van der Waals surface area contributed by atoms with Crippen LogP contribution >= 0.6 is 0 Å². The average molecular weight is 254 g/mol. The van der Waals surface area contributed by atoms with E-state index >= 15 is 0 Å². The van der Waals surface area contributed by atoms with Gasteiger partial charge in [0.05, 0.1) is 0 Å². The predicted molar refractivity (Wildman–Crippen MR) is 76.3 cm³/mol. The molecule has 0 saturated carbocycles. The Morgan fingerprint density at radius 1 is 1.22 bits per heavy atom. The van der Waals surface area contributed by atoms with Crippen LogP contribution in [0.1, 0.15) is 59.8 Å². The van der Waals surface area contributed by atoms with Crippen LogP contribution in [0.4, 0.5) is 0 Å². The lowest BCUT2D eigenvalue weighted by Gasteiger charge is -2.38. The van der Waals surface area contributed by atoms with Crippen LogP contribution in [0.5, 0.6) is 0 Å². The van der Waals surface area contributed by atoms with Gasteiger partial charge < -0.3 is 10.6 Å². The van der Waals surface area contributed by atoms with Gasteiger partial charge >= 0.3 is 0 Å². The van der Waals surface area contributed by atoms with E-state index in [2.05, 4.69) is 25.7 Å². The smallest absolute Gasteiger partial charge is 0.225 e. The number of rotatable bonds is 5. The number of likely N-dealkylation sites (tertiary alicyclic amines) is 1. The Bertz CT molecular complexity index is 264. The maximum absolute atomic E-state index is 12.3. The number of nitrogens with two attached hydrogens (primary N) is 1. The fraction of sp³-hybridized carbons (Fsp3) is 0.933. The Balaban J connectivity index is 2.31. The quantitative estimate of drug-likeness (QED) is 0.820. The predicted octanol–water partition coefficient (Wildman–Crippen LogP) is 2.79. The largest absolute Gasteiger partial charge is 0.342 e. The third-order valence-corrected chi connectivity index (χ3v) is 4.15. The van der Waals surface area contributed by atoms with Crippen molar-refractivity contribution in [3.05, 3.63) is 0 Å². The molecule has 1 aliphatic rings. The fourth-order valence-corrected chi connectivity index (χ4v) is 2.51. The van der Waals surface area contributed by atoms with E-state index in [1.54, 1.807) is 0 Å². The maximum atomic E-state index is 12.3. The first kappa shape index (κ1) is 15.5. The van der Waals surface area contributed by atoms with Gasteiger partial charge in [-0.2, -0.15) is 0 Å². The summed E-state index contributed by atoms with van der Waals surface area (Å²) >= 11 is 0. The van der Waals surface area contributed by atoms with Gasteiger partial charge in [0, 0.05) is 25.0 Å². The van der Waals surface area contributed by atoms with Crippen molar-refractivity contribution in [3.8, 4) is 0 Å². The zero-order valence-corrected chi connectivity index (χ0v) is 12.5. The van der Waals surface area contributed by atoms with Gasteiger partial charge in [-0.05, 0) is 38.0 Å². The molecule has 0 aromatic carbocycles. The second-order valence-corrected chi connectivity index (χ2v) is 6.80. The molecule has 1 rings (SSSR count). The molecule has 1 fully saturated rings. The van der Waals surface area contributed by atoms with Gasteiger partial charge in [-0.1, -0.05) is 27.2 Å². The zero-order chi connectivity index (χ0) is 13.8. The minimum Gasteiger partial charge on any atom is -0.342 e. The first-order valence-corrected chi connectivity index (χ1v) is 7.36. The lowest BCUT2D eigenvalue weighted by molar-refractivity contribution is -0.137. The second-order valence-electron chi connectivity index (χ2n) is 6.80. The summed E-state index contributed by atoms with van der Waals surface area (Å²) in [7, 11) is 0. The molecule has 18 heavy (non-hydrogen) atoms. The average Bonchev–Trinajstić information content (AvgIpc) is 2.27. The standard InChI is InChI=1S/C15H30N2O/c1-12(6-5-7-13(2)16)14(18)17-10-8-15(3,4)9-11-17/h12-13H,5-11,16H2,1-4H3. The van der Waals surface area contributed by atoms with Crippen LogP contribution in [-0.2, 0) is 4.79 Å². The van der Waals surface area contributed by atoms with Gasteiger partial charge in [-0.25, -0.2) is 0 Å². The van der Waals surface area contributed by atoms with Crippen LogP contribution in [-0.4, -0.2) is 29.9 Å². The highest BCUT2D eigenvalue weighted by Crippen LogP contribution is 2.30. The Morgan fingerprint density at radius 3 is 2.28 bits per heavy atom. The van der Waals surface area contributed by atoms with Crippen molar-refractivity contribution in [3.63, 3.8) is 0 Å². The van der Waals surface area contributed by atoms with Crippen molar-refractivity contribution in [2.45, 2.75) is 65.8 Å². The molecule has 3 heteroatoms. The lowest BCUT2D eigenvalue weighted by Crippen LogP contribution is -2.43. The van der Waals surface area contributed by atoms with E-state index in [-0.39, 0.29) is 12.0 Å². The molecule has 0 bridgehead atoms. The van der Waals surface area contributed by atoms with E-state index in [4.69, 9.17) is 5.73 Å². The number of hydrogen-bond acceptors (Lipinski definition) is 2. The van der Waals surface area contributed by atoms with Crippen LogP contribution < -0.4 is 5.73 Å². The number of amides is 1. The van der Waals surface area contributed by atoms with Crippen molar-refractivity contribution in [2.75, 3.05) is 13.1 Å². The van der Waals surface area contributed by atoms with Crippen LogP contribution in [0.25, 0.3) is 0 Å². The molecular formula is C15H30N2O. The maximum Gasteiger partial charge on any atom is 0.225 e. The van der Waals surface area contributed by atoms with E-state index in [1.807, 2.05) is 6.92 Å². The van der Waals surface area contributed by atoms with E-state index < -0.39 is 0 Å². The van der Waals surface area contributed by atoms with Crippen molar-refractivity contribution in [1.82, 2.24) is 4.90 Å². The number of carbonyl (C=O) groups excluding carboxylic acids is 1. The van der Waals surface area contributed by atoms with Gasteiger partial charge in [0.15, 0.2) is 0 Å². The van der Waals surface area contributed by atoms with Crippen molar-refractivity contribution >= 4 is 5.91 Å². The van der Waals surface area contributed by atoms with E-state index in [1.165, 1.54) is 0 Å². The molecule has 1 aliphatic heterocycles. The molecule has 2 atom stereocenters. The SMILES string of the molecule is CC(N)CCCC(C)C(=O)N1CCC(C)(C)CC1. The van der Waals surface area contributed by atoms with Crippen molar-refractivity contribution in [2.24, 2.45) is 17.1 Å². The Labute approximate surface area is 112 Å². The molecular weight excluding hydrogens is 224 g/mol. The Kier molecular flexibility index (Phi) is 5.64. The molecule has 3 nitrogen and oxygen atoms in total. The van der Waals surface area contributed by atoms with Crippen molar-refractivity contribution in [1.29, 1.82) is 0 Å². The van der Waals surface area contributed by atoms with Gasteiger partial charge in [-0.3, -0.25) is 4.79 Å². The highest BCUT2D eigenvalue weighted by atomic mass is 16.2. The summed E-state index contributed by atoms with van der Waals surface area (Å²) in [6, 6.07) is 0.253. The molecule has 2 N–H and O–H groups in total. The van der Waals surface area contributed by atoms with Gasteiger partial charge in [0.2, 0.25) is 5.91 Å². The highest BCUT2D eigenvalue weighted by molar-refractivity contribution is 5.78. The topological polar surface area (TPSA) is 46.3 Å².